The molecule has 3 rings (SSSR count). The maximum atomic E-state index is 12.8. The van der Waals surface area contributed by atoms with Gasteiger partial charge in [-0.25, -0.2) is 4.79 Å². The Bertz CT molecular complexity index is 1130. The van der Waals surface area contributed by atoms with Crippen molar-refractivity contribution in [2.24, 2.45) is 16.6 Å². The second-order valence-corrected chi connectivity index (χ2v) is 6.26. The first-order valence-corrected chi connectivity index (χ1v) is 7.85. The number of rotatable bonds is 3. The normalized spacial score (nSPS) is 23.6. The molecular formula is C17H9N7O5. The Hall–Kier alpha value is -4.76. The molecule has 0 bridgehead atoms. The number of barbiturate groups is 1. The van der Waals surface area contributed by atoms with E-state index in [9.17, 15) is 29.8 Å². The number of allylic oxidation sites excluding steroid dienone is 2. The predicted octanol–water partition coefficient (Wildman–Crippen LogP) is -0.186. The third-order valence-electron chi connectivity index (χ3n) is 5.08. The van der Waals surface area contributed by atoms with Gasteiger partial charge in [-0.15, -0.1) is 0 Å². The van der Waals surface area contributed by atoms with E-state index in [0.29, 0.717) is 0 Å². The molecule has 1 spiro atoms. The third-order valence-corrected chi connectivity index (χ3v) is 5.08. The summed E-state index contributed by atoms with van der Waals surface area (Å²) in [6, 6.07) is 8.44. The van der Waals surface area contributed by atoms with Gasteiger partial charge in [0.1, 0.15) is 23.1 Å². The van der Waals surface area contributed by atoms with Crippen LogP contribution in [0.25, 0.3) is 0 Å². The summed E-state index contributed by atoms with van der Waals surface area (Å²) in [5.74, 6) is -3.71. The fourth-order valence-corrected chi connectivity index (χ4v) is 3.87. The number of urea groups is 1. The molecule has 0 unspecified atom stereocenters. The number of nitriles is 3. The lowest BCUT2D eigenvalue weighted by Crippen LogP contribution is -2.59. The molecule has 2 fully saturated rings. The lowest BCUT2D eigenvalue weighted by Gasteiger charge is -2.23. The van der Waals surface area contributed by atoms with Crippen molar-refractivity contribution in [3.63, 3.8) is 0 Å². The minimum absolute atomic E-state index is 0.0265. The molecule has 1 aliphatic carbocycles. The van der Waals surface area contributed by atoms with Crippen LogP contribution in [0.5, 0.6) is 0 Å². The molecule has 2 aliphatic rings. The Morgan fingerprint density at radius 1 is 1.14 bits per heavy atom. The minimum atomic E-state index is -2.30. The number of non-ortho nitro benzene ring substituents is 1. The van der Waals surface area contributed by atoms with E-state index in [4.69, 9.17) is 16.3 Å². The van der Waals surface area contributed by atoms with Crippen LogP contribution in [0, 0.1) is 54.9 Å². The van der Waals surface area contributed by atoms with E-state index >= 15 is 0 Å². The monoisotopic (exact) mass is 391 g/mol. The van der Waals surface area contributed by atoms with Crippen LogP contribution in [0.3, 0.4) is 0 Å². The predicted molar refractivity (Wildman–Crippen MR) is 90.4 cm³/mol. The molecule has 1 aliphatic heterocycles. The summed E-state index contributed by atoms with van der Waals surface area (Å²) in [6.45, 7) is 0. The highest BCUT2D eigenvalue weighted by Gasteiger charge is 2.88. The fourth-order valence-electron chi connectivity index (χ4n) is 3.87. The van der Waals surface area contributed by atoms with Gasteiger partial charge in [-0.2, -0.15) is 15.8 Å². The first-order chi connectivity index (χ1) is 13.7. The van der Waals surface area contributed by atoms with Crippen LogP contribution in [0.1, 0.15) is 11.5 Å². The van der Waals surface area contributed by atoms with Gasteiger partial charge in [0.15, 0.2) is 5.41 Å². The molecule has 2 atom stereocenters. The zero-order chi connectivity index (χ0) is 21.6. The van der Waals surface area contributed by atoms with Crippen molar-refractivity contribution in [3.8, 4) is 18.2 Å². The average Bonchev–Trinajstić information content (AvgIpc) is 3.33. The van der Waals surface area contributed by atoms with Crippen molar-refractivity contribution in [2.45, 2.75) is 5.92 Å². The standard InChI is InChI=1S/C17H9N7O5/c18-5-9(6-19)12(21)16(7-20)11(8-2-1-3-10(4-8)24(28)29)17(16)13(25)22-15(27)23-14(17)26/h1-4,11H,21H2,(H2,22,23,25,26,27)/t11-,16+/m0/s1. The molecule has 4 amide bonds. The number of benzene rings is 1. The van der Waals surface area contributed by atoms with Crippen LogP contribution in [0.2, 0.25) is 0 Å². The highest BCUT2D eigenvalue weighted by molar-refractivity contribution is 6.24. The molecule has 12 nitrogen and oxygen atoms in total. The molecule has 0 radical (unpaired) electrons. The first kappa shape index (κ1) is 19.0. The number of carbonyl (C=O) groups is 3. The molecule has 1 saturated heterocycles. The molecule has 1 saturated carbocycles. The minimum Gasteiger partial charge on any atom is -0.399 e. The second kappa shape index (κ2) is 6.15. The molecular weight excluding hydrogens is 382 g/mol. The van der Waals surface area contributed by atoms with Gasteiger partial charge in [0, 0.05) is 18.1 Å². The van der Waals surface area contributed by atoms with E-state index in [-0.39, 0.29) is 11.3 Å². The van der Waals surface area contributed by atoms with Gasteiger partial charge in [0.2, 0.25) is 11.8 Å². The zero-order valence-electron chi connectivity index (χ0n) is 14.3. The van der Waals surface area contributed by atoms with Crippen LogP contribution in [0.15, 0.2) is 35.5 Å². The largest absolute Gasteiger partial charge is 0.399 e. The highest BCUT2D eigenvalue weighted by Crippen LogP contribution is 2.77. The number of nitrogens with two attached hydrogens (primary N) is 1. The van der Waals surface area contributed by atoms with Crippen molar-refractivity contribution in [1.29, 1.82) is 15.8 Å². The first-order valence-electron chi connectivity index (χ1n) is 7.85. The van der Waals surface area contributed by atoms with Crippen molar-refractivity contribution in [3.05, 3.63) is 51.2 Å². The summed E-state index contributed by atoms with van der Waals surface area (Å²) in [4.78, 5) is 47.4. The van der Waals surface area contributed by atoms with E-state index in [2.05, 4.69) is 0 Å². The molecule has 1 aromatic rings. The number of nitro benzene ring substituents is 1. The summed E-state index contributed by atoms with van der Waals surface area (Å²) in [7, 11) is 0. The Balaban J connectivity index is 2.35. The Morgan fingerprint density at radius 3 is 2.21 bits per heavy atom. The molecule has 1 heterocycles. The zero-order valence-corrected chi connectivity index (χ0v) is 14.3. The van der Waals surface area contributed by atoms with Crippen molar-refractivity contribution < 1.29 is 19.3 Å². The van der Waals surface area contributed by atoms with Crippen LogP contribution in [0.4, 0.5) is 10.5 Å². The SMILES string of the molecule is N#CC(C#N)=C(N)[C@@]1(C#N)[C@H](c2cccc([N+](=O)[O-])c2)C12C(=O)NC(=O)NC2=O. The van der Waals surface area contributed by atoms with Crippen LogP contribution in [-0.4, -0.2) is 22.8 Å². The number of hydrogen-bond donors (Lipinski definition) is 3. The highest BCUT2D eigenvalue weighted by atomic mass is 16.6. The molecule has 1 aromatic carbocycles. The van der Waals surface area contributed by atoms with Gasteiger partial charge >= 0.3 is 6.03 Å². The summed E-state index contributed by atoms with van der Waals surface area (Å²) < 4.78 is 0. The Labute approximate surface area is 161 Å². The van der Waals surface area contributed by atoms with Crippen LogP contribution in [-0.2, 0) is 9.59 Å². The lowest BCUT2D eigenvalue weighted by atomic mass is 9.86. The number of nitro groups is 1. The van der Waals surface area contributed by atoms with E-state index in [0.717, 1.165) is 12.1 Å². The van der Waals surface area contributed by atoms with Crippen molar-refractivity contribution >= 4 is 23.5 Å². The number of nitrogens with zero attached hydrogens (tertiary/aromatic N) is 4. The van der Waals surface area contributed by atoms with Crippen LogP contribution >= 0.6 is 0 Å². The average molecular weight is 391 g/mol. The van der Waals surface area contributed by atoms with E-state index in [1.54, 1.807) is 6.07 Å². The second-order valence-electron chi connectivity index (χ2n) is 6.26. The quantitative estimate of drug-likeness (QED) is 0.269. The Morgan fingerprint density at radius 2 is 1.72 bits per heavy atom. The summed E-state index contributed by atoms with van der Waals surface area (Å²) in [5.41, 5.74) is -0.286. The third kappa shape index (κ3) is 2.19. The van der Waals surface area contributed by atoms with Gasteiger partial charge in [0.25, 0.3) is 5.69 Å². The number of amides is 4. The number of nitrogens with one attached hydrogen (secondary N) is 2. The molecule has 0 aromatic heterocycles. The molecule has 29 heavy (non-hydrogen) atoms. The molecule has 4 N–H and O–H groups in total. The van der Waals surface area contributed by atoms with Crippen LogP contribution < -0.4 is 16.4 Å². The molecule has 142 valence electrons. The smallest absolute Gasteiger partial charge is 0.328 e. The number of carbonyl (C=O) groups excluding carboxylic acids is 3. The van der Waals surface area contributed by atoms with Gasteiger partial charge in [-0.05, 0) is 5.56 Å². The molecule has 12 heteroatoms. The number of hydrogen-bond acceptors (Lipinski definition) is 9. The summed E-state index contributed by atoms with van der Waals surface area (Å²) in [6.07, 6.45) is 0. The Kier molecular flexibility index (Phi) is 4.03. The van der Waals surface area contributed by atoms with Crippen molar-refractivity contribution in [1.82, 2.24) is 10.6 Å². The summed E-state index contributed by atoms with van der Waals surface area (Å²) in [5, 5.41) is 43.1. The summed E-state index contributed by atoms with van der Waals surface area (Å²) >= 11 is 0. The maximum absolute atomic E-state index is 12.8. The lowest BCUT2D eigenvalue weighted by molar-refractivity contribution is -0.384. The van der Waals surface area contributed by atoms with Gasteiger partial charge in [-0.1, -0.05) is 12.1 Å². The fraction of sp³-hybridized carbons (Fsp3) is 0.176. The topological polar surface area (TPSA) is 216 Å². The van der Waals surface area contributed by atoms with E-state index in [1.807, 2.05) is 10.6 Å². The van der Waals surface area contributed by atoms with Crippen molar-refractivity contribution in [2.75, 3.05) is 0 Å². The number of imide groups is 2. The van der Waals surface area contributed by atoms with Gasteiger partial charge in [0.05, 0.1) is 16.7 Å². The van der Waals surface area contributed by atoms with E-state index in [1.165, 1.54) is 24.3 Å². The maximum Gasteiger partial charge on any atom is 0.328 e. The van der Waals surface area contributed by atoms with Gasteiger partial charge in [-0.3, -0.25) is 30.3 Å². The van der Waals surface area contributed by atoms with E-state index < -0.39 is 50.8 Å². The van der Waals surface area contributed by atoms with Gasteiger partial charge < -0.3 is 5.73 Å².